The maximum absolute atomic E-state index is 11.4. The molecule has 0 spiro atoms. The van der Waals surface area contributed by atoms with Gasteiger partial charge in [0.05, 0.1) is 6.54 Å². The van der Waals surface area contributed by atoms with Crippen LogP contribution in [-0.2, 0) is 6.54 Å². The van der Waals surface area contributed by atoms with E-state index in [0.717, 1.165) is 15.9 Å². The van der Waals surface area contributed by atoms with Crippen molar-refractivity contribution in [2.45, 2.75) is 6.54 Å². The van der Waals surface area contributed by atoms with E-state index in [-0.39, 0.29) is 9.77 Å². The molecule has 0 aromatic carbocycles. The summed E-state index contributed by atoms with van der Waals surface area (Å²) in [6.45, 7) is 0.899. The SMILES string of the molecule is C#CCN(Cc1ccc(Cl)nc1)c1ssc(=O)c1Cl. The standard InChI is InChI=1S/C12H8Cl2N2OS2/c1-2-5-16(11-10(14)12(17)19-18-11)7-8-3-4-9(13)15-6-8/h1,3-4,6H,5,7H2. The summed E-state index contributed by atoms with van der Waals surface area (Å²) in [5, 5.41) is 1.36. The molecular formula is C12H8Cl2N2OS2. The van der Waals surface area contributed by atoms with E-state index < -0.39 is 0 Å². The van der Waals surface area contributed by atoms with Crippen molar-refractivity contribution in [3.05, 3.63) is 43.6 Å². The van der Waals surface area contributed by atoms with E-state index in [0.29, 0.717) is 23.2 Å². The summed E-state index contributed by atoms with van der Waals surface area (Å²) < 4.78 is -0.141. The van der Waals surface area contributed by atoms with E-state index in [1.54, 1.807) is 12.3 Å². The highest BCUT2D eigenvalue weighted by Gasteiger charge is 2.15. The van der Waals surface area contributed by atoms with Crippen LogP contribution >= 0.6 is 43.9 Å². The minimum Gasteiger partial charge on any atom is -0.346 e. The van der Waals surface area contributed by atoms with Crippen LogP contribution in [0, 0.1) is 12.3 Å². The van der Waals surface area contributed by atoms with E-state index in [9.17, 15) is 4.79 Å². The first-order chi connectivity index (χ1) is 9.11. The van der Waals surface area contributed by atoms with Crippen LogP contribution in [0.3, 0.4) is 0 Å². The Morgan fingerprint density at radius 2 is 2.16 bits per heavy atom. The zero-order chi connectivity index (χ0) is 13.8. The highest BCUT2D eigenvalue weighted by molar-refractivity contribution is 7.70. The Kier molecular flexibility index (Phi) is 4.83. The van der Waals surface area contributed by atoms with Gasteiger partial charge in [-0.25, -0.2) is 4.98 Å². The fourth-order valence-electron chi connectivity index (χ4n) is 1.46. The highest BCUT2D eigenvalue weighted by atomic mass is 35.5. The number of rotatable bonds is 4. The van der Waals surface area contributed by atoms with Gasteiger partial charge in [0.15, 0.2) is 0 Å². The van der Waals surface area contributed by atoms with Gasteiger partial charge in [0.25, 0.3) is 4.74 Å². The van der Waals surface area contributed by atoms with Crippen LogP contribution in [0.5, 0.6) is 0 Å². The van der Waals surface area contributed by atoms with Crippen LogP contribution in [0.25, 0.3) is 0 Å². The summed E-state index contributed by atoms with van der Waals surface area (Å²) >= 11 is 11.7. The first-order valence-electron chi connectivity index (χ1n) is 5.19. The van der Waals surface area contributed by atoms with E-state index in [1.165, 1.54) is 10.3 Å². The molecule has 0 fully saturated rings. The molecule has 0 radical (unpaired) electrons. The quantitative estimate of drug-likeness (QED) is 0.488. The topological polar surface area (TPSA) is 33.2 Å². The van der Waals surface area contributed by atoms with Crippen molar-refractivity contribution in [2.75, 3.05) is 11.4 Å². The molecule has 3 nitrogen and oxygen atoms in total. The molecule has 7 heteroatoms. The lowest BCUT2D eigenvalue weighted by Crippen LogP contribution is -2.22. The first-order valence-corrected chi connectivity index (χ1v) is 8.10. The van der Waals surface area contributed by atoms with Crippen LogP contribution in [0.2, 0.25) is 10.2 Å². The Hall–Kier alpha value is -1.06. The van der Waals surface area contributed by atoms with Crippen LogP contribution in [0.15, 0.2) is 23.1 Å². The number of nitrogens with zero attached hydrogens (tertiary/aromatic N) is 2. The Labute approximate surface area is 127 Å². The molecule has 0 bridgehead atoms. The van der Waals surface area contributed by atoms with Crippen molar-refractivity contribution in [1.29, 1.82) is 0 Å². The molecular weight excluding hydrogens is 323 g/mol. The van der Waals surface area contributed by atoms with Crippen molar-refractivity contribution in [3.8, 4) is 12.3 Å². The summed E-state index contributed by atoms with van der Waals surface area (Å²) in [5.74, 6) is 2.56. The lowest BCUT2D eigenvalue weighted by atomic mass is 10.2. The van der Waals surface area contributed by atoms with Crippen LogP contribution < -0.4 is 9.64 Å². The van der Waals surface area contributed by atoms with Crippen molar-refractivity contribution in [1.82, 2.24) is 4.98 Å². The molecule has 0 atom stereocenters. The smallest absolute Gasteiger partial charge is 0.263 e. The predicted molar refractivity (Wildman–Crippen MR) is 82.6 cm³/mol. The molecule has 0 N–H and O–H groups in total. The lowest BCUT2D eigenvalue weighted by molar-refractivity contribution is 0.882. The van der Waals surface area contributed by atoms with Gasteiger partial charge in [0, 0.05) is 12.7 Å². The summed E-state index contributed by atoms with van der Waals surface area (Å²) in [4.78, 5) is 17.3. The summed E-state index contributed by atoms with van der Waals surface area (Å²) in [5.41, 5.74) is 0.946. The minimum atomic E-state index is -0.141. The third kappa shape index (κ3) is 3.48. The average molecular weight is 331 g/mol. The Morgan fingerprint density at radius 3 is 2.68 bits per heavy atom. The zero-order valence-corrected chi connectivity index (χ0v) is 12.7. The third-order valence-electron chi connectivity index (χ3n) is 2.29. The van der Waals surface area contributed by atoms with Crippen molar-refractivity contribution in [2.24, 2.45) is 0 Å². The van der Waals surface area contributed by atoms with Gasteiger partial charge in [-0.15, -0.1) is 6.42 Å². The number of aromatic nitrogens is 1. The number of pyridine rings is 1. The normalized spacial score (nSPS) is 10.2. The largest absolute Gasteiger partial charge is 0.346 e. The summed E-state index contributed by atoms with van der Waals surface area (Å²) in [6.07, 6.45) is 7.04. The van der Waals surface area contributed by atoms with Gasteiger partial charge >= 0.3 is 0 Å². The molecule has 2 rings (SSSR count). The number of hydrogen-bond donors (Lipinski definition) is 0. The van der Waals surface area contributed by atoms with E-state index >= 15 is 0 Å². The second-order valence-corrected chi connectivity index (χ2v) is 6.48. The number of terminal acetylenes is 1. The Bertz CT molecular complexity index is 658. The molecule has 2 heterocycles. The molecule has 0 aliphatic rings. The third-order valence-corrected chi connectivity index (χ3v) is 5.33. The van der Waals surface area contributed by atoms with Crippen LogP contribution in [-0.4, -0.2) is 11.5 Å². The second kappa shape index (κ2) is 6.40. The number of anilines is 1. The molecule has 0 aliphatic carbocycles. The van der Waals surface area contributed by atoms with Gasteiger partial charge in [-0.3, -0.25) is 4.79 Å². The van der Waals surface area contributed by atoms with Gasteiger partial charge in [0.2, 0.25) is 0 Å². The molecule has 0 saturated carbocycles. The fraction of sp³-hybridized carbons (Fsp3) is 0.167. The van der Waals surface area contributed by atoms with Crippen molar-refractivity contribution in [3.63, 3.8) is 0 Å². The number of halogens is 2. The first kappa shape index (κ1) is 14.4. The van der Waals surface area contributed by atoms with Crippen molar-refractivity contribution < 1.29 is 0 Å². The minimum absolute atomic E-state index is 0.141. The molecule has 98 valence electrons. The predicted octanol–water partition coefficient (Wildman–Crippen LogP) is 3.51. The number of hydrogen-bond acceptors (Lipinski definition) is 5. The van der Waals surface area contributed by atoms with E-state index in [4.69, 9.17) is 29.6 Å². The molecule has 0 amide bonds. The molecule has 0 unspecified atom stereocenters. The lowest BCUT2D eigenvalue weighted by Gasteiger charge is -2.20. The molecule has 0 aliphatic heterocycles. The Morgan fingerprint density at radius 1 is 1.37 bits per heavy atom. The van der Waals surface area contributed by atoms with Gasteiger partial charge < -0.3 is 4.90 Å². The summed E-state index contributed by atoms with van der Waals surface area (Å²) in [7, 11) is 2.43. The van der Waals surface area contributed by atoms with Crippen LogP contribution in [0.4, 0.5) is 5.00 Å². The molecule has 19 heavy (non-hydrogen) atoms. The maximum atomic E-state index is 11.4. The molecule has 0 saturated heterocycles. The van der Waals surface area contributed by atoms with Gasteiger partial charge in [-0.1, -0.05) is 45.5 Å². The van der Waals surface area contributed by atoms with E-state index in [2.05, 4.69) is 10.9 Å². The van der Waals surface area contributed by atoms with Crippen LogP contribution in [0.1, 0.15) is 5.56 Å². The van der Waals surface area contributed by atoms with Gasteiger partial charge in [0.1, 0.15) is 15.2 Å². The molecule has 2 aromatic heterocycles. The Balaban J connectivity index is 2.26. The monoisotopic (exact) mass is 330 g/mol. The van der Waals surface area contributed by atoms with Gasteiger partial charge in [-0.2, -0.15) is 0 Å². The molecule has 2 aromatic rings. The van der Waals surface area contributed by atoms with Gasteiger partial charge in [-0.05, 0) is 22.0 Å². The maximum Gasteiger partial charge on any atom is 0.263 e. The summed E-state index contributed by atoms with van der Waals surface area (Å²) in [6, 6.07) is 3.57. The zero-order valence-electron chi connectivity index (χ0n) is 9.60. The van der Waals surface area contributed by atoms with E-state index in [1.807, 2.05) is 11.0 Å². The highest BCUT2D eigenvalue weighted by Crippen LogP contribution is 2.32. The average Bonchev–Trinajstić information content (AvgIpc) is 2.72. The van der Waals surface area contributed by atoms with Crippen molar-refractivity contribution >= 4 is 48.9 Å². The fourth-order valence-corrected chi connectivity index (χ4v) is 4.27. The second-order valence-electron chi connectivity index (χ2n) is 3.62.